The van der Waals surface area contributed by atoms with E-state index in [4.69, 9.17) is 6.42 Å². The Morgan fingerprint density at radius 2 is 1.83 bits per heavy atom. The molecule has 0 bridgehead atoms. The quantitative estimate of drug-likeness (QED) is 0.742. The Labute approximate surface area is 111 Å². The van der Waals surface area contributed by atoms with E-state index >= 15 is 0 Å². The van der Waals surface area contributed by atoms with Crippen molar-refractivity contribution in [3.05, 3.63) is 29.8 Å². The third-order valence-electron chi connectivity index (χ3n) is 3.14. The van der Waals surface area contributed by atoms with Gasteiger partial charge in [0.15, 0.2) is 0 Å². The van der Waals surface area contributed by atoms with Crippen molar-refractivity contribution in [2.75, 3.05) is 18.0 Å². The monoisotopic (exact) mass is 244 g/mol. The van der Waals surface area contributed by atoms with Crippen LogP contribution in [-0.4, -0.2) is 19.1 Å². The highest BCUT2D eigenvalue weighted by Gasteiger charge is 2.02. The summed E-state index contributed by atoms with van der Waals surface area (Å²) < 4.78 is 0. The Balaban J connectivity index is 2.53. The van der Waals surface area contributed by atoms with Crippen LogP contribution in [0.3, 0.4) is 0 Å². The van der Waals surface area contributed by atoms with E-state index in [1.807, 2.05) is 0 Å². The molecule has 1 aromatic rings. The van der Waals surface area contributed by atoms with Gasteiger partial charge in [0.25, 0.3) is 0 Å². The molecule has 1 aromatic carbocycles. The van der Waals surface area contributed by atoms with Crippen molar-refractivity contribution in [1.29, 1.82) is 0 Å². The minimum Gasteiger partial charge on any atom is -0.372 e. The zero-order chi connectivity index (χ0) is 13.4. The van der Waals surface area contributed by atoms with E-state index in [1.54, 1.807) is 0 Å². The van der Waals surface area contributed by atoms with Gasteiger partial charge in [0, 0.05) is 37.8 Å². The van der Waals surface area contributed by atoms with Gasteiger partial charge in [-0.05, 0) is 38.5 Å². The molecule has 0 heterocycles. The number of hydrogen-bond donors (Lipinski definition) is 1. The first-order valence-electron chi connectivity index (χ1n) is 6.72. The summed E-state index contributed by atoms with van der Waals surface area (Å²) in [6, 6.07) is 9.12. The average Bonchev–Trinajstić information content (AvgIpc) is 2.39. The van der Waals surface area contributed by atoms with Gasteiger partial charge in [0.1, 0.15) is 0 Å². The molecule has 1 rings (SSSR count). The number of anilines is 1. The summed E-state index contributed by atoms with van der Waals surface area (Å²) in [4.78, 5) is 2.35. The molecule has 0 fully saturated rings. The van der Waals surface area contributed by atoms with Crippen molar-refractivity contribution in [2.24, 2.45) is 0 Å². The standard InChI is InChI=1S/C16H24N2/c1-5-8-14(4)17-13-15-9-11-16(12-10-15)18(6-2)7-3/h1,9-12,14,17H,6-8,13H2,2-4H3. The van der Waals surface area contributed by atoms with E-state index in [0.717, 1.165) is 26.1 Å². The fourth-order valence-corrected chi connectivity index (χ4v) is 1.95. The molecule has 1 unspecified atom stereocenters. The van der Waals surface area contributed by atoms with Crippen LogP contribution in [0.4, 0.5) is 5.69 Å². The maximum Gasteiger partial charge on any atom is 0.0366 e. The first-order chi connectivity index (χ1) is 8.71. The minimum absolute atomic E-state index is 0.373. The zero-order valence-electron chi connectivity index (χ0n) is 11.7. The van der Waals surface area contributed by atoms with Crippen molar-refractivity contribution in [3.63, 3.8) is 0 Å². The molecule has 2 nitrogen and oxygen atoms in total. The molecule has 0 aliphatic carbocycles. The van der Waals surface area contributed by atoms with Crippen LogP contribution in [0.5, 0.6) is 0 Å². The Bertz CT molecular complexity index is 371. The van der Waals surface area contributed by atoms with Gasteiger partial charge in [-0.1, -0.05) is 12.1 Å². The van der Waals surface area contributed by atoms with Crippen molar-refractivity contribution >= 4 is 5.69 Å². The van der Waals surface area contributed by atoms with E-state index in [-0.39, 0.29) is 0 Å². The molecule has 1 atom stereocenters. The van der Waals surface area contributed by atoms with Crippen LogP contribution in [0.2, 0.25) is 0 Å². The summed E-state index contributed by atoms with van der Waals surface area (Å²) in [5, 5.41) is 3.42. The predicted octanol–water partition coefficient (Wildman–Crippen LogP) is 3.03. The van der Waals surface area contributed by atoms with E-state index in [2.05, 4.69) is 61.2 Å². The number of benzene rings is 1. The van der Waals surface area contributed by atoms with Crippen LogP contribution >= 0.6 is 0 Å². The van der Waals surface area contributed by atoms with Crippen LogP contribution < -0.4 is 10.2 Å². The Hall–Kier alpha value is -1.46. The lowest BCUT2D eigenvalue weighted by molar-refractivity contribution is 0.559. The molecule has 0 aliphatic heterocycles. The number of hydrogen-bond acceptors (Lipinski definition) is 2. The van der Waals surface area contributed by atoms with Gasteiger partial charge in [-0.3, -0.25) is 0 Å². The summed E-state index contributed by atoms with van der Waals surface area (Å²) in [7, 11) is 0. The molecular weight excluding hydrogens is 220 g/mol. The second-order valence-corrected chi connectivity index (χ2v) is 4.53. The lowest BCUT2D eigenvalue weighted by Crippen LogP contribution is -2.25. The van der Waals surface area contributed by atoms with E-state index < -0.39 is 0 Å². The Morgan fingerprint density at radius 1 is 1.22 bits per heavy atom. The van der Waals surface area contributed by atoms with Gasteiger partial charge in [-0.25, -0.2) is 0 Å². The van der Waals surface area contributed by atoms with E-state index in [9.17, 15) is 0 Å². The number of nitrogens with zero attached hydrogens (tertiary/aromatic N) is 1. The summed E-state index contributed by atoms with van der Waals surface area (Å²) >= 11 is 0. The van der Waals surface area contributed by atoms with Crippen LogP contribution in [0.1, 0.15) is 32.8 Å². The molecule has 0 spiro atoms. The van der Waals surface area contributed by atoms with Crippen LogP contribution in [0.25, 0.3) is 0 Å². The summed E-state index contributed by atoms with van der Waals surface area (Å²) in [5.41, 5.74) is 2.59. The maximum absolute atomic E-state index is 5.29. The van der Waals surface area contributed by atoms with Gasteiger partial charge in [-0.15, -0.1) is 12.3 Å². The molecule has 0 saturated heterocycles. The average molecular weight is 244 g/mol. The lowest BCUT2D eigenvalue weighted by Gasteiger charge is -2.21. The molecule has 2 heteroatoms. The lowest BCUT2D eigenvalue weighted by atomic mass is 10.1. The Morgan fingerprint density at radius 3 is 2.33 bits per heavy atom. The van der Waals surface area contributed by atoms with Crippen molar-refractivity contribution < 1.29 is 0 Å². The number of nitrogens with one attached hydrogen (secondary N) is 1. The Kier molecular flexibility index (Phi) is 6.32. The van der Waals surface area contributed by atoms with Crippen molar-refractivity contribution in [1.82, 2.24) is 5.32 Å². The summed E-state index contributed by atoms with van der Waals surface area (Å²) in [5.74, 6) is 2.67. The van der Waals surface area contributed by atoms with Gasteiger partial charge in [0.2, 0.25) is 0 Å². The maximum atomic E-state index is 5.29. The first kappa shape index (κ1) is 14.6. The SMILES string of the molecule is C#CCC(C)NCc1ccc(N(CC)CC)cc1. The molecule has 0 aliphatic rings. The van der Waals surface area contributed by atoms with E-state index in [1.165, 1.54) is 11.3 Å². The third-order valence-corrected chi connectivity index (χ3v) is 3.14. The van der Waals surface area contributed by atoms with Crippen LogP contribution in [0.15, 0.2) is 24.3 Å². The highest BCUT2D eigenvalue weighted by Crippen LogP contribution is 2.14. The molecule has 0 saturated carbocycles. The normalized spacial score (nSPS) is 11.9. The van der Waals surface area contributed by atoms with Gasteiger partial charge < -0.3 is 10.2 Å². The highest BCUT2D eigenvalue weighted by atomic mass is 15.1. The molecule has 0 aromatic heterocycles. The first-order valence-corrected chi connectivity index (χ1v) is 6.72. The fraction of sp³-hybridized carbons (Fsp3) is 0.500. The molecule has 18 heavy (non-hydrogen) atoms. The molecule has 98 valence electrons. The van der Waals surface area contributed by atoms with Gasteiger partial charge in [-0.2, -0.15) is 0 Å². The second kappa shape index (κ2) is 7.79. The minimum atomic E-state index is 0.373. The van der Waals surface area contributed by atoms with Crippen LogP contribution in [0, 0.1) is 12.3 Å². The molecule has 1 N–H and O–H groups in total. The second-order valence-electron chi connectivity index (χ2n) is 4.53. The molecule has 0 radical (unpaired) electrons. The van der Waals surface area contributed by atoms with Gasteiger partial charge >= 0.3 is 0 Å². The summed E-state index contributed by atoms with van der Waals surface area (Å²) in [6.45, 7) is 9.45. The third kappa shape index (κ3) is 4.43. The molecular formula is C16H24N2. The smallest absolute Gasteiger partial charge is 0.0366 e. The van der Waals surface area contributed by atoms with Crippen molar-refractivity contribution in [2.45, 2.75) is 39.8 Å². The largest absolute Gasteiger partial charge is 0.372 e. The highest BCUT2D eigenvalue weighted by molar-refractivity contribution is 5.47. The number of terminal acetylenes is 1. The zero-order valence-corrected chi connectivity index (χ0v) is 11.7. The van der Waals surface area contributed by atoms with Gasteiger partial charge in [0.05, 0.1) is 0 Å². The summed E-state index contributed by atoms with van der Waals surface area (Å²) in [6.07, 6.45) is 6.06. The predicted molar refractivity (Wildman–Crippen MR) is 79.8 cm³/mol. The molecule has 0 amide bonds. The number of rotatable bonds is 7. The fourth-order valence-electron chi connectivity index (χ4n) is 1.95. The van der Waals surface area contributed by atoms with Crippen LogP contribution in [-0.2, 0) is 6.54 Å². The topological polar surface area (TPSA) is 15.3 Å². The van der Waals surface area contributed by atoms with Crippen molar-refractivity contribution in [3.8, 4) is 12.3 Å². The van der Waals surface area contributed by atoms with E-state index in [0.29, 0.717) is 6.04 Å².